The molecule has 1 aromatic rings. The topological polar surface area (TPSA) is 48.9 Å². The molecule has 0 bridgehead atoms. The fraction of sp³-hybridized carbons (Fsp3) is 0.138. The molecule has 0 saturated carbocycles. The van der Waals surface area contributed by atoms with Crippen LogP contribution in [-0.2, 0) is 4.65 Å². The highest BCUT2D eigenvalue weighted by Gasteiger charge is 2.41. The molecule has 182 valence electrons. The van der Waals surface area contributed by atoms with Gasteiger partial charge in [0.15, 0.2) is 0 Å². The molecule has 1 aromatic carbocycles. The zero-order chi connectivity index (χ0) is 25.9. The van der Waals surface area contributed by atoms with E-state index in [1.54, 1.807) is 12.3 Å². The molecule has 5 nitrogen and oxygen atoms in total. The molecule has 2 N–H and O–H groups in total. The first-order valence-corrected chi connectivity index (χ1v) is 12.2. The van der Waals surface area contributed by atoms with Crippen molar-refractivity contribution in [2.75, 3.05) is 0 Å². The normalized spacial score (nSPS) is 20.5. The SMILES string of the molecule is C=C/C=C(\C=C1\NB(c2ccccc2)OC1=C)N1B(C(/C=C\C)=C/C=C\C)NC(=C/C)/C1=N\C=C/C. The van der Waals surface area contributed by atoms with E-state index in [1.807, 2.05) is 101 Å². The van der Waals surface area contributed by atoms with Gasteiger partial charge in [-0.2, -0.15) is 0 Å². The summed E-state index contributed by atoms with van der Waals surface area (Å²) in [5, 5.41) is 7.11. The van der Waals surface area contributed by atoms with E-state index in [4.69, 9.17) is 9.65 Å². The smallest absolute Gasteiger partial charge is 0.516 e. The van der Waals surface area contributed by atoms with E-state index in [0.29, 0.717) is 5.76 Å². The highest BCUT2D eigenvalue weighted by atomic mass is 16.5. The third kappa shape index (κ3) is 6.11. The molecule has 2 fully saturated rings. The monoisotopic (exact) mass is 476 g/mol. The summed E-state index contributed by atoms with van der Waals surface area (Å²) >= 11 is 0. The number of aliphatic imine (C=N–C) groups is 1. The number of benzene rings is 1. The standard InChI is InChI=1S/C29H34B2N4O/c1-7-12-18-24(16-8-2)30-33-27(11-5)29(32-21-10-4)35(30)26(17-9-3)22-28-23(6)36-31(34-28)25-19-14-13-15-20-25/h7-22,33-34H,3,6H2,1-2,4-5H3/b12-7-,16-8-,21-10-,24-18+,26-17+,27-11+,28-22+,32-29+. The van der Waals surface area contributed by atoms with Gasteiger partial charge in [-0.3, -0.25) is 0 Å². The highest BCUT2D eigenvalue weighted by molar-refractivity contribution is 6.69. The third-order valence-corrected chi connectivity index (χ3v) is 5.62. The fourth-order valence-electron chi connectivity index (χ4n) is 3.98. The van der Waals surface area contributed by atoms with Crippen molar-refractivity contribution in [3.63, 3.8) is 0 Å². The van der Waals surface area contributed by atoms with Gasteiger partial charge in [0.1, 0.15) is 11.6 Å². The molecule has 0 spiro atoms. The number of allylic oxidation sites excluding steroid dienone is 11. The summed E-state index contributed by atoms with van der Waals surface area (Å²) in [5.41, 5.74) is 4.76. The lowest BCUT2D eigenvalue weighted by molar-refractivity contribution is 0.482. The fourth-order valence-corrected chi connectivity index (χ4v) is 3.98. The number of rotatable bonds is 8. The van der Waals surface area contributed by atoms with Crippen LogP contribution in [0.25, 0.3) is 0 Å². The molecular weight excluding hydrogens is 442 g/mol. The zero-order valence-corrected chi connectivity index (χ0v) is 21.6. The maximum absolute atomic E-state index is 6.06. The van der Waals surface area contributed by atoms with Crippen LogP contribution in [0.15, 0.2) is 144 Å². The molecule has 0 atom stereocenters. The molecule has 2 heterocycles. The number of nitrogens with zero attached hydrogens (tertiary/aromatic N) is 2. The minimum absolute atomic E-state index is 0.184. The summed E-state index contributed by atoms with van der Waals surface area (Å²) < 4.78 is 6.06. The van der Waals surface area contributed by atoms with Crippen LogP contribution >= 0.6 is 0 Å². The van der Waals surface area contributed by atoms with Crippen molar-refractivity contribution in [2.24, 2.45) is 4.99 Å². The summed E-state index contributed by atoms with van der Waals surface area (Å²) in [5.74, 6) is 1.39. The second-order valence-corrected chi connectivity index (χ2v) is 8.11. The molecular formula is C29H34B2N4O. The first-order chi connectivity index (χ1) is 17.6. The number of hydrogen-bond acceptors (Lipinski definition) is 4. The van der Waals surface area contributed by atoms with Gasteiger partial charge in [-0.1, -0.05) is 92.1 Å². The molecule has 2 aliphatic heterocycles. The Bertz CT molecular complexity index is 1200. The molecule has 0 amide bonds. The Morgan fingerprint density at radius 1 is 1.00 bits per heavy atom. The Balaban J connectivity index is 2.11. The van der Waals surface area contributed by atoms with E-state index in [1.165, 1.54) is 0 Å². The molecule has 7 heteroatoms. The van der Waals surface area contributed by atoms with Gasteiger partial charge >= 0.3 is 14.0 Å². The van der Waals surface area contributed by atoms with E-state index in [9.17, 15) is 0 Å². The van der Waals surface area contributed by atoms with Crippen molar-refractivity contribution >= 4 is 25.3 Å². The van der Waals surface area contributed by atoms with E-state index >= 15 is 0 Å². The van der Waals surface area contributed by atoms with Gasteiger partial charge in [0.05, 0.1) is 11.4 Å². The summed E-state index contributed by atoms with van der Waals surface area (Å²) in [7, 11) is -0.294. The van der Waals surface area contributed by atoms with Crippen molar-refractivity contribution in [1.82, 2.24) is 15.3 Å². The van der Waals surface area contributed by atoms with Gasteiger partial charge in [-0.25, -0.2) is 4.99 Å². The zero-order valence-electron chi connectivity index (χ0n) is 21.6. The molecule has 2 saturated heterocycles. The van der Waals surface area contributed by atoms with Crippen LogP contribution in [0.2, 0.25) is 0 Å². The third-order valence-electron chi connectivity index (χ3n) is 5.62. The van der Waals surface area contributed by atoms with Crippen molar-refractivity contribution in [2.45, 2.75) is 27.7 Å². The lowest BCUT2D eigenvalue weighted by Crippen LogP contribution is -2.43. The second-order valence-electron chi connectivity index (χ2n) is 8.11. The summed E-state index contributed by atoms with van der Waals surface area (Å²) in [4.78, 5) is 6.96. The number of nitrogens with one attached hydrogen (secondary N) is 2. The van der Waals surface area contributed by atoms with Crippen molar-refractivity contribution in [3.05, 3.63) is 139 Å². The van der Waals surface area contributed by atoms with Crippen LogP contribution in [0, 0.1) is 0 Å². The Labute approximate surface area is 216 Å². The Morgan fingerprint density at radius 2 is 1.78 bits per heavy atom. The molecule has 0 aromatic heterocycles. The average molecular weight is 476 g/mol. The lowest BCUT2D eigenvalue weighted by Gasteiger charge is -2.25. The molecule has 0 radical (unpaired) electrons. The summed E-state index contributed by atoms with van der Waals surface area (Å²) in [6.07, 6.45) is 21.9. The van der Waals surface area contributed by atoms with Crippen LogP contribution in [0.5, 0.6) is 0 Å². The van der Waals surface area contributed by atoms with E-state index in [2.05, 4.69) is 40.6 Å². The van der Waals surface area contributed by atoms with Crippen molar-refractivity contribution in [3.8, 4) is 0 Å². The predicted molar refractivity (Wildman–Crippen MR) is 156 cm³/mol. The van der Waals surface area contributed by atoms with Gasteiger partial charge in [0.2, 0.25) is 0 Å². The quantitative estimate of drug-likeness (QED) is 0.394. The predicted octanol–water partition coefficient (Wildman–Crippen LogP) is 5.32. The second kappa shape index (κ2) is 13.1. The molecule has 0 unspecified atom stereocenters. The first kappa shape index (κ1) is 26.5. The van der Waals surface area contributed by atoms with Crippen LogP contribution in [0.3, 0.4) is 0 Å². The van der Waals surface area contributed by atoms with Gasteiger partial charge in [0, 0.05) is 11.9 Å². The molecule has 36 heavy (non-hydrogen) atoms. The number of hydrogen-bond donors (Lipinski definition) is 2. The Morgan fingerprint density at radius 3 is 2.42 bits per heavy atom. The molecule has 3 rings (SSSR count). The van der Waals surface area contributed by atoms with E-state index in [0.717, 1.165) is 33.9 Å². The largest absolute Gasteiger partial charge is 0.537 e. The maximum atomic E-state index is 6.06. The first-order valence-electron chi connectivity index (χ1n) is 12.2. The van der Waals surface area contributed by atoms with Crippen molar-refractivity contribution in [1.29, 1.82) is 0 Å². The van der Waals surface area contributed by atoms with Crippen molar-refractivity contribution < 1.29 is 4.65 Å². The van der Waals surface area contributed by atoms with E-state index < -0.39 is 0 Å². The summed E-state index contributed by atoms with van der Waals surface area (Å²) in [6, 6.07) is 10.0. The van der Waals surface area contributed by atoms with Crippen LogP contribution in [0.1, 0.15) is 27.7 Å². The average Bonchev–Trinajstić information content (AvgIpc) is 3.45. The van der Waals surface area contributed by atoms with Crippen LogP contribution in [0.4, 0.5) is 0 Å². The number of amidine groups is 1. The van der Waals surface area contributed by atoms with E-state index in [-0.39, 0.29) is 14.0 Å². The maximum Gasteiger partial charge on any atom is 0.516 e. The summed E-state index contributed by atoms with van der Waals surface area (Å²) in [6.45, 7) is 15.9. The van der Waals surface area contributed by atoms with Crippen LogP contribution in [-0.4, -0.2) is 24.7 Å². The lowest BCUT2D eigenvalue weighted by atomic mass is 9.65. The molecule has 0 aliphatic carbocycles. The van der Waals surface area contributed by atoms with Gasteiger partial charge < -0.3 is 19.9 Å². The Kier molecular flexibility index (Phi) is 9.64. The van der Waals surface area contributed by atoms with Crippen LogP contribution < -0.4 is 15.9 Å². The van der Waals surface area contributed by atoms with Gasteiger partial charge in [0.25, 0.3) is 0 Å². The minimum Gasteiger partial charge on any atom is -0.537 e. The van der Waals surface area contributed by atoms with Gasteiger partial charge in [-0.15, -0.1) is 0 Å². The molecule has 2 aliphatic rings. The Hall–Kier alpha value is -4.12. The highest BCUT2D eigenvalue weighted by Crippen LogP contribution is 2.27. The minimum atomic E-state index is -0.294. The van der Waals surface area contributed by atoms with Gasteiger partial charge in [-0.05, 0) is 50.8 Å².